The molecule has 0 bridgehead atoms. The summed E-state index contributed by atoms with van der Waals surface area (Å²) in [7, 11) is 0. The zero-order valence-electron chi connectivity index (χ0n) is 12.2. The first-order valence-corrected chi connectivity index (χ1v) is 7.41. The van der Waals surface area contributed by atoms with Gasteiger partial charge in [-0.1, -0.05) is 19.1 Å². The summed E-state index contributed by atoms with van der Waals surface area (Å²) < 4.78 is 5.46. The average Bonchev–Trinajstić information content (AvgIpc) is 2.45. The van der Waals surface area contributed by atoms with E-state index in [2.05, 4.69) is 30.9 Å². The van der Waals surface area contributed by atoms with Crippen LogP contribution in [0.1, 0.15) is 30.0 Å². The fourth-order valence-electron chi connectivity index (χ4n) is 2.89. The molecular weight excluding hydrogens is 236 g/mol. The fraction of sp³-hybridized carbons (Fsp3) is 0.625. The Morgan fingerprint density at radius 1 is 1.26 bits per heavy atom. The topological polar surface area (TPSA) is 38.5 Å². The summed E-state index contributed by atoms with van der Waals surface area (Å²) in [6.07, 6.45) is 3.25. The van der Waals surface area contributed by atoms with Gasteiger partial charge in [-0.2, -0.15) is 0 Å². The van der Waals surface area contributed by atoms with Gasteiger partial charge in [0.25, 0.3) is 0 Å². The Kier molecular flexibility index (Phi) is 5.23. The average molecular weight is 262 g/mol. The molecule has 1 aliphatic rings. The number of nitrogens with zero attached hydrogens (tertiary/aromatic N) is 1. The van der Waals surface area contributed by atoms with Crippen molar-refractivity contribution in [2.45, 2.75) is 33.1 Å². The molecule has 1 aromatic carbocycles. The smallest absolute Gasteiger partial charge is 0.0642 e. The van der Waals surface area contributed by atoms with Gasteiger partial charge in [0.15, 0.2) is 0 Å². The van der Waals surface area contributed by atoms with Gasteiger partial charge >= 0.3 is 0 Å². The molecule has 0 atom stereocenters. The third kappa shape index (κ3) is 3.48. The monoisotopic (exact) mass is 262 g/mol. The van der Waals surface area contributed by atoms with Crippen molar-refractivity contribution in [2.24, 2.45) is 5.73 Å². The van der Waals surface area contributed by atoms with Crippen LogP contribution in [0.2, 0.25) is 0 Å². The molecule has 1 heterocycles. The molecule has 3 heteroatoms. The first-order chi connectivity index (χ1) is 9.26. The molecule has 0 radical (unpaired) electrons. The van der Waals surface area contributed by atoms with Crippen LogP contribution in [0.5, 0.6) is 0 Å². The molecule has 1 saturated heterocycles. The van der Waals surface area contributed by atoms with Gasteiger partial charge in [0.2, 0.25) is 0 Å². The van der Waals surface area contributed by atoms with Crippen LogP contribution in [0.4, 0.5) is 5.69 Å². The molecule has 0 aromatic heterocycles. The Morgan fingerprint density at radius 2 is 2.00 bits per heavy atom. The van der Waals surface area contributed by atoms with E-state index >= 15 is 0 Å². The molecule has 2 N–H and O–H groups in total. The van der Waals surface area contributed by atoms with E-state index in [-0.39, 0.29) is 0 Å². The van der Waals surface area contributed by atoms with Crippen molar-refractivity contribution in [1.82, 2.24) is 0 Å². The third-order valence-corrected chi connectivity index (χ3v) is 3.82. The summed E-state index contributed by atoms with van der Waals surface area (Å²) in [4.78, 5) is 2.48. The number of morpholine rings is 1. The van der Waals surface area contributed by atoms with Gasteiger partial charge in [-0.05, 0) is 49.4 Å². The maximum absolute atomic E-state index is 5.61. The Morgan fingerprint density at radius 3 is 2.63 bits per heavy atom. The highest BCUT2D eigenvalue weighted by Gasteiger charge is 2.17. The maximum atomic E-state index is 5.61. The number of benzene rings is 1. The Labute approximate surface area is 116 Å². The predicted octanol–water partition coefficient (Wildman–Crippen LogP) is 2.29. The molecular formula is C16H26N2O. The molecule has 2 rings (SSSR count). The molecule has 1 aliphatic heterocycles. The summed E-state index contributed by atoms with van der Waals surface area (Å²) in [6, 6.07) is 4.70. The van der Waals surface area contributed by atoms with E-state index < -0.39 is 0 Å². The fourth-order valence-corrected chi connectivity index (χ4v) is 2.89. The number of nitrogens with two attached hydrogens (primary N) is 1. The van der Waals surface area contributed by atoms with Crippen LogP contribution in [-0.4, -0.2) is 32.8 Å². The summed E-state index contributed by atoms with van der Waals surface area (Å²) in [5, 5.41) is 0. The van der Waals surface area contributed by atoms with Gasteiger partial charge < -0.3 is 15.4 Å². The van der Waals surface area contributed by atoms with Gasteiger partial charge in [-0.15, -0.1) is 0 Å². The lowest BCUT2D eigenvalue weighted by Gasteiger charge is -2.32. The highest BCUT2D eigenvalue weighted by atomic mass is 16.5. The van der Waals surface area contributed by atoms with Gasteiger partial charge in [0.05, 0.1) is 13.2 Å². The zero-order chi connectivity index (χ0) is 13.7. The first kappa shape index (κ1) is 14.4. The summed E-state index contributed by atoms with van der Waals surface area (Å²) in [5.41, 5.74) is 11.3. The zero-order valence-corrected chi connectivity index (χ0v) is 12.2. The SMILES string of the molecule is CCc1cc(CCCN)cc(C)c1N1CCOCC1. The number of hydrogen-bond acceptors (Lipinski definition) is 3. The Balaban J connectivity index is 2.26. The van der Waals surface area contributed by atoms with Crippen LogP contribution in [0, 0.1) is 6.92 Å². The standard InChI is InChI=1S/C16H26N2O/c1-3-15-12-14(5-4-6-17)11-13(2)16(15)18-7-9-19-10-8-18/h11-12H,3-10,17H2,1-2H3. The van der Waals surface area contributed by atoms with E-state index in [9.17, 15) is 0 Å². The quantitative estimate of drug-likeness (QED) is 0.885. The normalized spacial score (nSPS) is 15.8. The van der Waals surface area contributed by atoms with Crippen LogP contribution < -0.4 is 10.6 Å². The minimum Gasteiger partial charge on any atom is -0.378 e. The van der Waals surface area contributed by atoms with E-state index in [4.69, 9.17) is 10.5 Å². The van der Waals surface area contributed by atoms with E-state index in [1.54, 1.807) is 0 Å². The molecule has 0 unspecified atom stereocenters. The first-order valence-electron chi connectivity index (χ1n) is 7.41. The lowest BCUT2D eigenvalue weighted by Crippen LogP contribution is -2.37. The number of rotatable bonds is 5. The second-order valence-electron chi connectivity index (χ2n) is 5.27. The van der Waals surface area contributed by atoms with Crippen molar-refractivity contribution in [3.63, 3.8) is 0 Å². The minimum atomic E-state index is 0.770. The number of aryl methyl sites for hydroxylation is 3. The Bertz CT molecular complexity index is 411. The van der Waals surface area contributed by atoms with Gasteiger partial charge in [-0.3, -0.25) is 0 Å². The van der Waals surface area contributed by atoms with Crippen molar-refractivity contribution in [2.75, 3.05) is 37.7 Å². The highest BCUT2D eigenvalue weighted by molar-refractivity contribution is 5.61. The molecule has 0 amide bonds. The van der Waals surface area contributed by atoms with Crippen LogP contribution >= 0.6 is 0 Å². The van der Waals surface area contributed by atoms with Crippen molar-refractivity contribution in [1.29, 1.82) is 0 Å². The van der Waals surface area contributed by atoms with Crippen molar-refractivity contribution >= 4 is 5.69 Å². The maximum Gasteiger partial charge on any atom is 0.0642 e. The lowest BCUT2D eigenvalue weighted by molar-refractivity contribution is 0.122. The molecule has 1 fully saturated rings. The molecule has 106 valence electrons. The third-order valence-electron chi connectivity index (χ3n) is 3.82. The van der Waals surface area contributed by atoms with Gasteiger partial charge in [0.1, 0.15) is 0 Å². The number of hydrogen-bond donors (Lipinski definition) is 1. The molecule has 0 aliphatic carbocycles. The molecule has 1 aromatic rings. The van der Waals surface area contributed by atoms with E-state index in [0.717, 1.165) is 52.1 Å². The predicted molar refractivity (Wildman–Crippen MR) is 81.0 cm³/mol. The van der Waals surface area contributed by atoms with Crippen molar-refractivity contribution in [3.8, 4) is 0 Å². The molecule has 19 heavy (non-hydrogen) atoms. The van der Waals surface area contributed by atoms with Gasteiger partial charge in [-0.25, -0.2) is 0 Å². The Hall–Kier alpha value is -1.06. The summed E-state index contributed by atoms with van der Waals surface area (Å²) >= 11 is 0. The van der Waals surface area contributed by atoms with Crippen LogP contribution in [-0.2, 0) is 17.6 Å². The van der Waals surface area contributed by atoms with Crippen molar-refractivity contribution < 1.29 is 4.74 Å². The largest absolute Gasteiger partial charge is 0.378 e. The van der Waals surface area contributed by atoms with Gasteiger partial charge in [0, 0.05) is 18.8 Å². The minimum absolute atomic E-state index is 0.770. The molecule has 3 nitrogen and oxygen atoms in total. The highest BCUT2D eigenvalue weighted by Crippen LogP contribution is 2.28. The number of anilines is 1. The van der Waals surface area contributed by atoms with Crippen LogP contribution in [0.3, 0.4) is 0 Å². The van der Waals surface area contributed by atoms with E-state index in [1.807, 2.05) is 0 Å². The van der Waals surface area contributed by atoms with Crippen molar-refractivity contribution in [3.05, 3.63) is 28.8 Å². The van der Waals surface area contributed by atoms with Crippen LogP contribution in [0.25, 0.3) is 0 Å². The second-order valence-corrected chi connectivity index (χ2v) is 5.27. The van der Waals surface area contributed by atoms with E-state index in [0.29, 0.717) is 0 Å². The van der Waals surface area contributed by atoms with Crippen LogP contribution in [0.15, 0.2) is 12.1 Å². The summed E-state index contributed by atoms with van der Waals surface area (Å²) in [5.74, 6) is 0. The molecule has 0 spiro atoms. The second kappa shape index (κ2) is 6.92. The number of ether oxygens (including phenoxy) is 1. The summed E-state index contributed by atoms with van der Waals surface area (Å²) in [6.45, 7) is 8.95. The van der Waals surface area contributed by atoms with E-state index in [1.165, 1.54) is 22.4 Å². The molecule has 0 saturated carbocycles. The lowest BCUT2D eigenvalue weighted by atomic mass is 9.98.